The second kappa shape index (κ2) is 5.53. The van der Waals surface area contributed by atoms with Crippen molar-refractivity contribution in [3.8, 4) is 6.07 Å². The molecule has 100 valence electrons. The normalized spacial score (nSPS) is 15.7. The van der Waals surface area contributed by atoms with E-state index in [4.69, 9.17) is 14.7 Å². The molecule has 1 aromatic carbocycles. The molecule has 0 N–H and O–H groups in total. The Kier molecular flexibility index (Phi) is 3.42. The molecule has 20 heavy (non-hydrogen) atoms. The van der Waals surface area contributed by atoms with E-state index in [-0.39, 0.29) is 6.61 Å². The van der Waals surface area contributed by atoms with Crippen LogP contribution in [-0.2, 0) is 17.9 Å². The highest BCUT2D eigenvalue weighted by atomic mass is 16.6. The molecule has 3 rings (SSSR count). The Hall–Kier alpha value is -2.68. The molecule has 6 nitrogen and oxygen atoms in total. The largest absolute Gasteiger partial charge is 0.391 e. The second-order valence-corrected chi connectivity index (χ2v) is 4.49. The molecule has 0 saturated heterocycles. The number of fused-ring (bicyclic) bond motifs is 1. The predicted molar refractivity (Wildman–Crippen MR) is 69.7 cm³/mol. The summed E-state index contributed by atoms with van der Waals surface area (Å²) in [6.07, 6.45) is 2.61. The van der Waals surface area contributed by atoms with Gasteiger partial charge in [-0.05, 0) is 30.5 Å². The topological polar surface area (TPSA) is 84.3 Å². The molecule has 1 aliphatic carbocycles. The first-order valence-corrected chi connectivity index (χ1v) is 6.37. The molecule has 0 bridgehead atoms. The molecule has 0 saturated carbocycles. The summed E-state index contributed by atoms with van der Waals surface area (Å²) in [6, 6.07) is 9.43. The molecule has 6 heteroatoms. The van der Waals surface area contributed by atoms with Crippen LogP contribution in [0.2, 0.25) is 0 Å². The highest BCUT2D eigenvalue weighted by Crippen LogP contribution is 2.18. The van der Waals surface area contributed by atoms with Crippen molar-refractivity contribution in [2.24, 2.45) is 5.16 Å². The fraction of sp³-hybridized carbons (Fsp3) is 0.286. The molecular weight excluding hydrogens is 256 g/mol. The van der Waals surface area contributed by atoms with Gasteiger partial charge in [-0.1, -0.05) is 28.5 Å². The number of benzene rings is 1. The van der Waals surface area contributed by atoms with Gasteiger partial charge in [0.25, 0.3) is 0 Å². The van der Waals surface area contributed by atoms with Crippen molar-refractivity contribution in [2.45, 2.75) is 25.9 Å². The van der Waals surface area contributed by atoms with E-state index >= 15 is 0 Å². The van der Waals surface area contributed by atoms with Gasteiger partial charge in [-0.15, -0.1) is 0 Å². The summed E-state index contributed by atoms with van der Waals surface area (Å²) in [5.41, 5.74) is 3.68. The lowest BCUT2D eigenvalue weighted by atomic mass is 9.99. The summed E-state index contributed by atoms with van der Waals surface area (Å²) in [4.78, 5) is 5.36. The summed E-state index contributed by atoms with van der Waals surface area (Å²) in [7, 11) is 0. The molecule has 0 radical (unpaired) electrons. The molecule has 1 heterocycles. The van der Waals surface area contributed by atoms with E-state index in [2.05, 4.69) is 21.5 Å². The van der Waals surface area contributed by atoms with Gasteiger partial charge in [0, 0.05) is 5.56 Å². The summed E-state index contributed by atoms with van der Waals surface area (Å²) >= 11 is 0. The number of aromatic nitrogens is 2. The number of aryl methyl sites for hydroxylation is 1. The van der Waals surface area contributed by atoms with Gasteiger partial charge < -0.3 is 4.84 Å². The van der Waals surface area contributed by atoms with Gasteiger partial charge in [0.05, 0.1) is 11.6 Å². The highest BCUT2D eigenvalue weighted by molar-refractivity contribution is 6.00. The van der Waals surface area contributed by atoms with Gasteiger partial charge in [-0.25, -0.2) is 4.63 Å². The average Bonchev–Trinajstić information content (AvgIpc) is 2.97. The Morgan fingerprint density at radius 3 is 3.10 bits per heavy atom. The lowest BCUT2D eigenvalue weighted by molar-refractivity contribution is 0.129. The zero-order valence-electron chi connectivity index (χ0n) is 10.7. The van der Waals surface area contributed by atoms with Crippen LogP contribution < -0.4 is 0 Å². The third-order valence-electron chi connectivity index (χ3n) is 3.19. The van der Waals surface area contributed by atoms with Gasteiger partial charge in [0.1, 0.15) is 18.0 Å². The maximum atomic E-state index is 9.00. The maximum Gasteiger partial charge on any atom is 0.155 e. The first-order chi connectivity index (χ1) is 9.88. The molecule has 0 spiro atoms. The Labute approximate surface area is 115 Å². The highest BCUT2D eigenvalue weighted by Gasteiger charge is 2.21. The SMILES string of the molecule is N#Cc1ccccc1CON=C1CCCc2nonc21. The standard InChI is InChI=1S/C14H12N4O2/c15-8-10-4-1-2-5-11(10)9-19-16-12-6-3-7-13-14(12)18-20-17-13/h1-2,4-5H,3,6-7,9H2. The Balaban J connectivity index is 1.72. The first-order valence-electron chi connectivity index (χ1n) is 6.37. The lowest BCUT2D eigenvalue weighted by Crippen LogP contribution is -2.12. The minimum Gasteiger partial charge on any atom is -0.391 e. The Morgan fingerprint density at radius 1 is 1.30 bits per heavy atom. The van der Waals surface area contributed by atoms with Crippen LogP contribution in [-0.4, -0.2) is 16.0 Å². The van der Waals surface area contributed by atoms with Crippen LogP contribution in [0.25, 0.3) is 0 Å². The van der Waals surface area contributed by atoms with Gasteiger partial charge in [0.2, 0.25) is 0 Å². The van der Waals surface area contributed by atoms with E-state index in [0.717, 1.165) is 36.2 Å². The van der Waals surface area contributed by atoms with Gasteiger partial charge in [-0.3, -0.25) is 0 Å². The van der Waals surface area contributed by atoms with Gasteiger partial charge in [-0.2, -0.15) is 5.26 Å². The summed E-state index contributed by atoms with van der Waals surface area (Å²) in [5.74, 6) is 0. The van der Waals surface area contributed by atoms with Crippen LogP contribution in [0.15, 0.2) is 34.1 Å². The van der Waals surface area contributed by atoms with E-state index in [0.29, 0.717) is 11.3 Å². The van der Waals surface area contributed by atoms with E-state index < -0.39 is 0 Å². The van der Waals surface area contributed by atoms with Crippen molar-refractivity contribution in [2.75, 3.05) is 0 Å². The molecular formula is C14H12N4O2. The van der Waals surface area contributed by atoms with E-state index in [9.17, 15) is 0 Å². The van der Waals surface area contributed by atoms with E-state index in [1.807, 2.05) is 18.2 Å². The summed E-state index contributed by atoms with van der Waals surface area (Å²) in [6.45, 7) is 0.258. The second-order valence-electron chi connectivity index (χ2n) is 4.49. The van der Waals surface area contributed by atoms with Crippen molar-refractivity contribution < 1.29 is 9.47 Å². The smallest absolute Gasteiger partial charge is 0.155 e. The number of nitriles is 1. The monoisotopic (exact) mass is 268 g/mol. The van der Waals surface area contributed by atoms with Crippen LogP contribution in [0.4, 0.5) is 0 Å². The fourth-order valence-corrected chi connectivity index (χ4v) is 2.16. The Morgan fingerprint density at radius 2 is 2.20 bits per heavy atom. The van der Waals surface area contributed by atoms with Crippen LogP contribution in [0.3, 0.4) is 0 Å². The molecule has 0 unspecified atom stereocenters. The lowest BCUT2D eigenvalue weighted by Gasteiger charge is -2.09. The quantitative estimate of drug-likeness (QED) is 0.797. The Bertz CT molecular complexity index is 684. The van der Waals surface area contributed by atoms with E-state index in [1.54, 1.807) is 6.07 Å². The third kappa shape index (κ3) is 2.38. The number of rotatable bonds is 3. The number of hydrogen-bond acceptors (Lipinski definition) is 6. The fourth-order valence-electron chi connectivity index (χ4n) is 2.16. The van der Waals surface area contributed by atoms with Crippen molar-refractivity contribution in [3.05, 3.63) is 46.8 Å². The summed E-state index contributed by atoms with van der Waals surface area (Å²) < 4.78 is 4.72. The van der Waals surface area contributed by atoms with Crippen molar-refractivity contribution in [1.82, 2.24) is 10.3 Å². The molecule has 2 aromatic rings. The average molecular weight is 268 g/mol. The van der Waals surface area contributed by atoms with Gasteiger partial charge in [0.15, 0.2) is 5.69 Å². The zero-order valence-corrected chi connectivity index (χ0v) is 10.7. The minimum absolute atomic E-state index is 0.258. The summed E-state index contributed by atoms with van der Waals surface area (Å²) in [5, 5.41) is 20.8. The van der Waals surface area contributed by atoms with Gasteiger partial charge >= 0.3 is 0 Å². The zero-order chi connectivity index (χ0) is 13.8. The van der Waals surface area contributed by atoms with Crippen molar-refractivity contribution >= 4 is 5.71 Å². The molecule has 1 aromatic heterocycles. The third-order valence-corrected chi connectivity index (χ3v) is 3.19. The molecule has 0 amide bonds. The molecule has 0 aliphatic heterocycles. The first kappa shape index (κ1) is 12.4. The molecule has 1 aliphatic rings. The predicted octanol–water partition coefficient (Wildman–Crippen LogP) is 2.20. The number of hydrogen-bond donors (Lipinski definition) is 0. The molecule has 0 fully saturated rings. The van der Waals surface area contributed by atoms with Crippen molar-refractivity contribution in [1.29, 1.82) is 5.26 Å². The van der Waals surface area contributed by atoms with Crippen LogP contribution in [0.5, 0.6) is 0 Å². The minimum atomic E-state index is 0.258. The van der Waals surface area contributed by atoms with Crippen LogP contribution >= 0.6 is 0 Å². The van der Waals surface area contributed by atoms with Crippen LogP contribution in [0.1, 0.15) is 35.4 Å². The van der Waals surface area contributed by atoms with Crippen molar-refractivity contribution in [3.63, 3.8) is 0 Å². The van der Waals surface area contributed by atoms with E-state index in [1.165, 1.54) is 0 Å². The number of oxime groups is 1. The van der Waals surface area contributed by atoms with Crippen LogP contribution in [0, 0.1) is 11.3 Å². The number of nitrogens with zero attached hydrogens (tertiary/aromatic N) is 4. The maximum absolute atomic E-state index is 9.00. The molecule has 0 atom stereocenters.